The Morgan fingerprint density at radius 2 is 1.92 bits per heavy atom. The molecule has 1 spiro atoms. The fourth-order valence-electron chi connectivity index (χ4n) is 10.4. The lowest BCUT2D eigenvalue weighted by atomic mass is 9.84. The van der Waals surface area contributed by atoms with Crippen molar-refractivity contribution < 1.29 is 33.4 Å². The standard InChI is InChI=1S/C49H67N9O7S/c1-10-57-39-16-15-32-23-34(39)35(43(57)33-13-11-18-50-41(33)31(4)63-9)25-48(5,6)29-64-46(61)36-14-12-19-58(53-36)45(60)37(24-40-51-38(32)26-66-40)52-44(59)42(30(2)3)55(8)47(62)56-21-22-65-49(28-56)17-20-54(7)27-49/h11,13,15-16,18,23,26,30-31,36-37,42,53H,10,12,14,17,19-22,24-25,27-29H2,1-9H3,(H,52,59)/t31-,36-,37-,42?,49+/m0/s1. The molecule has 66 heavy (non-hydrogen) atoms. The van der Waals surface area contributed by atoms with E-state index in [1.54, 1.807) is 25.3 Å². The number of aryl methyl sites for hydroxylation is 1. The summed E-state index contributed by atoms with van der Waals surface area (Å²) in [6, 6.07) is 7.51. The van der Waals surface area contributed by atoms with Gasteiger partial charge in [-0.25, -0.2) is 15.2 Å². The van der Waals surface area contributed by atoms with Crippen LogP contribution in [-0.2, 0) is 48.0 Å². The Bertz CT molecular complexity index is 2450. The van der Waals surface area contributed by atoms with Crippen LogP contribution < -0.4 is 10.7 Å². The summed E-state index contributed by atoms with van der Waals surface area (Å²) in [6.07, 6.45) is 4.11. The molecule has 356 valence electrons. The van der Waals surface area contributed by atoms with Crippen LogP contribution in [0.25, 0.3) is 33.4 Å². The molecule has 4 amide bonds. The second kappa shape index (κ2) is 19.3. The SMILES string of the molecule is CCn1c(-c2cccnc2[C@H](C)OC)c2c3cc(ccc31)-c1csc(n1)C[C@H](NC(=O)C(C(C)C)N(C)C(=O)N1CCO[C@@]3(CCN(C)C3)C1)C(=O)N1CCC[C@H](N1)C(=O)OCC(C)(C)C2. The zero-order valence-corrected chi connectivity index (χ0v) is 40.8. The molecule has 8 rings (SSSR count). The number of carbonyl (C=O) groups is 4. The van der Waals surface area contributed by atoms with E-state index in [0.29, 0.717) is 57.1 Å². The van der Waals surface area contributed by atoms with Gasteiger partial charge >= 0.3 is 12.0 Å². The molecule has 0 saturated carbocycles. The number of esters is 1. The quantitative estimate of drug-likeness (QED) is 0.209. The number of rotatable bonds is 8. The van der Waals surface area contributed by atoms with Crippen molar-refractivity contribution in [3.8, 4) is 22.5 Å². The smallest absolute Gasteiger partial charge is 0.324 e. The van der Waals surface area contributed by atoms with Crippen LogP contribution in [0.15, 0.2) is 41.9 Å². The number of hydrogen-bond acceptors (Lipinski definition) is 12. The zero-order valence-electron chi connectivity index (χ0n) is 40.0. The third-order valence-corrected chi connectivity index (χ3v) is 14.7. The number of thiazole rings is 1. The van der Waals surface area contributed by atoms with E-state index >= 15 is 0 Å². The molecule has 2 N–H and O–H groups in total. The lowest BCUT2D eigenvalue weighted by Gasteiger charge is -2.43. The number of amides is 4. The number of likely N-dealkylation sites (tertiary alicyclic amines) is 1. The molecule has 17 heteroatoms. The van der Waals surface area contributed by atoms with Crippen molar-refractivity contribution in [1.82, 2.24) is 45.0 Å². The van der Waals surface area contributed by atoms with Crippen molar-refractivity contribution in [3.05, 3.63) is 58.2 Å². The van der Waals surface area contributed by atoms with Gasteiger partial charge in [0.2, 0.25) is 5.91 Å². The number of fused-ring (bicyclic) bond motifs is 6. The first kappa shape index (κ1) is 47.5. The lowest BCUT2D eigenvalue weighted by molar-refractivity contribution is -0.155. The van der Waals surface area contributed by atoms with Gasteiger partial charge in [-0.15, -0.1) is 11.3 Å². The van der Waals surface area contributed by atoms with E-state index in [1.165, 1.54) is 21.2 Å². The first-order valence-electron chi connectivity index (χ1n) is 23.5. The number of nitrogens with one attached hydrogen (secondary N) is 2. The maximum absolute atomic E-state index is 14.7. The Morgan fingerprint density at radius 1 is 1.12 bits per heavy atom. The van der Waals surface area contributed by atoms with Crippen LogP contribution in [0.5, 0.6) is 0 Å². The molecule has 0 radical (unpaired) electrons. The number of cyclic esters (lactones) is 1. The molecule has 1 unspecified atom stereocenters. The van der Waals surface area contributed by atoms with E-state index in [0.717, 1.165) is 64.2 Å². The first-order chi connectivity index (χ1) is 31.5. The van der Waals surface area contributed by atoms with Gasteiger partial charge in [0.1, 0.15) is 18.1 Å². The predicted molar refractivity (Wildman–Crippen MR) is 253 cm³/mol. The summed E-state index contributed by atoms with van der Waals surface area (Å²) in [5, 5.41) is 8.23. The van der Waals surface area contributed by atoms with Crippen molar-refractivity contribution in [2.45, 2.75) is 110 Å². The Balaban J connectivity index is 1.15. The number of carbonyl (C=O) groups excluding carboxylic acids is 4. The summed E-state index contributed by atoms with van der Waals surface area (Å²) in [4.78, 5) is 72.8. The number of likely N-dealkylation sites (N-methyl/N-ethyl adjacent to an activating group) is 2. The van der Waals surface area contributed by atoms with Gasteiger partial charge in [-0.05, 0) is 82.3 Å². The number of ether oxygens (including phenoxy) is 3. The monoisotopic (exact) mass is 925 g/mol. The van der Waals surface area contributed by atoms with Crippen LogP contribution in [0.2, 0.25) is 0 Å². The summed E-state index contributed by atoms with van der Waals surface area (Å²) in [5.74, 6) is -1.56. The molecule has 5 atom stereocenters. The second-order valence-corrected chi connectivity index (χ2v) is 20.7. The molecule has 4 aromatic rings. The molecule has 3 aromatic heterocycles. The number of urea groups is 1. The molecule has 4 aliphatic rings. The van der Waals surface area contributed by atoms with Gasteiger partial charge in [0.15, 0.2) is 0 Å². The lowest BCUT2D eigenvalue weighted by Crippen LogP contribution is -2.63. The molecular formula is C49H67N9O7S. The van der Waals surface area contributed by atoms with Gasteiger partial charge < -0.3 is 38.8 Å². The van der Waals surface area contributed by atoms with Gasteiger partial charge in [-0.3, -0.25) is 24.4 Å². The highest BCUT2D eigenvalue weighted by Crippen LogP contribution is 2.42. The molecule has 4 aliphatic heterocycles. The summed E-state index contributed by atoms with van der Waals surface area (Å²) < 4.78 is 20.5. The van der Waals surface area contributed by atoms with Gasteiger partial charge in [-0.1, -0.05) is 33.8 Å². The minimum atomic E-state index is -1.06. The van der Waals surface area contributed by atoms with E-state index < -0.39 is 46.9 Å². The van der Waals surface area contributed by atoms with Crippen LogP contribution in [0.1, 0.15) is 83.2 Å². The van der Waals surface area contributed by atoms with Gasteiger partial charge in [-0.2, -0.15) is 0 Å². The van der Waals surface area contributed by atoms with Crippen LogP contribution in [0.4, 0.5) is 4.79 Å². The van der Waals surface area contributed by atoms with E-state index in [9.17, 15) is 19.2 Å². The molecule has 3 saturated heterocycles. The van der Waals surface area contributed by atoms with E-state index in [-0.39, 0.29) is 31.1 Å². The van der Waals surface area contributed by atoms with Gasteiger partial charge in [0.25, 0.3) is 5.91 Å². The van der Waals surface area contributed by atoms with Crippen molar-refractivity contribution in [1.29, 1.82) is 0 Å². The molecule has 16 nitrogen and oxygen atoms in total. The number of nitrogens with zero attached hydrogens (tertiary/aromatic N) is 7. The van der Waals surface area contributed by atoms with Crippen molar-refractivity contribution in [2.24, 2.45) is 11.3 Å². The van der Waals surface area contributed by atoms with Crippen LogP contribution in [0.3, 0.4) is 0 Å². The third kappa shape index (κ3) is 9.59. The minimum absolute atomic E-state index is 0.101. The molecule has 0 aliphatic carbocycles. The minimum Gasteiger partial charge on any atom is -0.464 e. The topological polar surface area (TPSA) is 164 Å². The highest BCUT2D eigenvalue weighted by Gasteiger charge is 2.45. The molecule has 6 bridgehead atoms. The van der Waals surface area contributed by atoms with Crippen LogP contribution in [0, 0.1) is 11.3 Å². The van der Waals surface area contributed by atoms with Crippen molar-refractivity contribution in [2.75, 3.05) is 67.1 Å². The summed E-state index contributed by atoms with van der Waals surface area (Å²) in [7, 11) is 5.41. The van der Waals surface area contributed by atoms with Crippen LogP contribution in [-0.4, -0.2) is 149 Å². The number of morpholine rings is 1. The Hall–Kier alpha value is -4.94. The van der Waals surface area contributed by atoms with Crippen LogP contribution >= 0.6 is 11.3 Å². The van der Waals surface area contributed by atoms with E-state index in [2.05, 4.69) is 72.3 Å². The molecule has 3 fully saturated rings. The average Bonchev–Trinajstić information content (AvgIpc) is 4.01. The number of methoxy groups -OCH3 is 1. The predicted octanol–water partition coefficient (Wildman–Crippen LogP) is 5.69. The zero-order chi connectivity index (χ0) is 47.1. The summed E-state index contributed by atoms with van der Waals surface area (Å²) in [5.41, 5.74) is 8.96. The third-order valence-electron chi connectivity index (χ3n) is 13.8. The Kier molecular flexibility index (Phi) is 13.9. The van der Waals surface area contributed by atoms with Gasteiger partial charge in [0.05, 0.1) is 53.6 Å². The average molecular weight is 926 g/mol. The largest absolute Gasteiger partial charge is 0.464 e. The highest BCUT2D eigenvalue weighted by molar-refractivity contribution is 7.10. The first-order valence-corrected chi connectivity index (χ1v) is 24.4. The molecule has 7 heterocycles. The van der Waals surface area contributed by atoms with E-state index in [1.807, 2.05) is 32.2 Å². The van der Waals surface area contributed by atoms with Gasteiger partial charge in [0, 0.05) is 92.3 Å². The fraction of sp³-hybridized carbons (Fsp3) is 0.592. The Labute approximate surface area is 392 Å². The van der Waals surface area contributed by atoms with Crippen molar-refractivity contribution in [3.63, 3.8) is 0 Å². The second-order valence-electron chi connectivity index (χ2n) is 19.8. The number of aromatic nitrogens is 3. The summed E-state index contributed by atoms with van der Waals surface area (Å²) in [6.45, 7) is 16.3. The highest BCUT2D eigenvalue weighted by atomic mass is 32.1. The summed E-state index contributed by atoms with van der Waals surface area (Å²) >= 11 is 1.43. The number of hydrogen-bond donors (Lipinski definition) is 2. The van der Waals surface area contributed by atoms with E-state index in [4.69, 9.17) is 24.2 Å². The molecule has 1 aromatic carbocycles. The van der Waals surface area contributed by atoms with Crippen molar-refractivity contribution >= 4 is 46.1 Å². The number of benzene rings is 1. The number of hydrazine groups is 1. The molecular weight excluding hydrogens is 859 g/mol. The maximum Gasteiger partial charge on any atom is 0.324 e. The number of pyridine rings is 1. The maximum atomic E-state index is 14.7. The Morgan fingerprint density at radius 3 is 2.65 bits per heavy atom. The normalized spacial score (nSPS) is 23.8. The fourth-order valence-corrected chi connectivity index (χ4v) is 11.2.